The van der Waals surface area contributed by atoms with Crippen molar-refractivity contribution in [1.82, 2.24) is 9.88 Å². The normalized spacial score (nSPS) is 10.8. The third-order valence-corrected chi connectivity index (χ3v) is 3.73. The third kappa shape index (κ3) is 4.90. The molecule has 0 saturated carbocycles. The van der Waals surface area contributed by atoms with Gasteiger partial charge in [-0.25, -0.2) is 9.78 Å². The molecule has 0 fully saturated rings. The summed E-state index contributed by atoms with van der Waals surface area (Å²) in [4.78, 5) is 29.3. The number of aromatic nitrogens is 1. The molecule has 1 heterocycles. The van der Waals surface area contributed by atoms with E-state index in [1.807, 2.05) is 7.05 Å². The average molecular weight is 299 g/mol. The van der Waals surface area contributed by atoms with Gasteiger partial charge >= 0.3 is 5.97 Å². The van der Waals surface area contributed by atoms with Crippen LogP contribution in [0.4, 0.5) is 5.13 Å². The lowest BCUT2D eigenvalue weighted by atomic mass is 10.3. The Kier molecular flexibility index (Phi) is 6.60. The number of nitrogens with zero attached hydrogens (tertiary/aromatic N) is 2. The molecule has 1 rings (SSSR count). The Balaban J connectivity index is 2.82. The van der Waals surface area contributed by atoms with E-state index in [9.17, 15) is 14.7 Å². The van der Waals surface area contributed by atoms with Crippen LogP contribution in [0.2, 0.25) is 0 Å². The largest absolute Gasteiger partial charge is 0.476 e. The van der Waals surface area contributed by atoms with Crippen LogP contribution >= 0.6 is 11.3 Å². The van der Waals surface area contributed by atoms with Crippen molar-refractivity contribution in [3.05, 3.63) is 10.6 Å². The number of rotatable bonds is 8. The average Bonchev–Trinajstić information content (AvgIpc) is 2.78. The number of nitrogens with one attached hydrogen (secondary N) is 1. The van der Waals surface area contributed by atoms with Crippen LogP contribution in [0, 0.1) is 0 Å². The number of hydrogen-bond donors (Lipinski definition) is 2. The number of thiazole rings is 1. The van der Waals surface area contributed by atoms with Gasteiger partial charge in [-0.05, 0) is 20.0 Å². The quantitative estimate of drug-likeness (QED) is 0.770. The zero-order valence-electron chi connectivity index (χ0n) is 12.1. The van der Waals surface area contributed by atoms with Crippen molar-refractivity contribution in [3.63, 3.8) is 0 Å². The van der Waals surface area contributed by atoms with Crippen LogP contribution in [0.1, 0.15) is 48.5 Å². The maximum absolute atomic E-state index is 11.3. The van der Waals surface area contributed by atoms with Gasteiger partial charge in [0, 0.05) is 13.0 Å². The number of carbonyl (C=O) groups is 2. The highest BCUT2D eigenvalue weighted by molar-refractivity contribution is 7.16. The summed E-state index contributed by atoms with van der Waals surface area (Å²) < 4.78 is 0. The number of unbranched alkanes of at least 4 members (excludes halogenated alkanes) is 1. The first kappa shape index (κ1) is 16.6. The summed E-state index contributed by atoms with van der Waals surface area (Å²) in [6.07, 6.45) is 2.50. The molecule has 0 aromatic carbocycles. The summed E-state index contributed by atoms with van der Waals surface area (Å²) in [5, 5.41) is 12.1. The van der Waals surface area contributed by atoms with Crippen LogP contribution in [-0.2, 0) is 11.3 Å². The molecule has 20 heavy (non-hydrogen) atoms. The molecular formula is C13H21N3O3S. The van der Waals surface area contributed by atoms with Crippen molar-refractivity contribution in [2.75, 3.05) is 18.9 Å². The number of hydrogen-bond acceptors (Lipinski definition) is 5. The second-order valence-electron chi connectivity index (χ2n) is 4.59. The summed E-state index contributed by atoms with van der Waals surface area (Å²) in [5.41, 5.74) is 0.0322. The molecule has 0 aliphatic heterocycles. The topological polar surface area (TPSA) is 82.5 Å². The molecule has 0 unspecified atom stereocenters. The van der Waals surface area contributed by atoms with Crippen molar-refractivity contribution in [3.8, 4) is 0 Å². The molecule has 1 aromatic rings. The number of amides is 1. The predicted octanol–water partition coefficient (Wildman–Crippen LogP) is 2.42. The first-order valence-electron chi connectivity index (χ1n) is 6.69. The molecule has 0 radical (unpaired) electrons. The molecule has 0 saturated heterocycles. The van der Waals surface area contributed by atoms with Gasteiger partial charge in [-0.1, -0.05) is 31.6 Å². The van der Waals surface area contributed by atoms with Crippen molar-refractivity contribution in [1.29, 1.82) is 0 Å². The monoisotopic (exact) mass is 299 g/mol. The highest BCUT2D eigenvalue weighted by Gasteiger charge is 2.19. The Morgan fingerprint density at radius 3 is 2.65 bits per heavy atom. The van der Waals surface area contributed by atoms with E-state index < -0.39 is 5.97 Å². The Bertz CT molecular complexity index is 473. The van der Waals surface area contributed by atoms with E-state index in [0.29, 0.717) is 23.0 Å². The highest BCUT2D eigenvalue weighted by atomic mass is 32.1. The fourth-order valence-electron chi connectivity index (χ4n) is 1.64. The number of carboxylic acids is 1. The molecule has 0 aliphatic carbocycles. The summed E-state index contributed by atoms with van der Waals surface area (Å²) in [6, 6.07) is 0. The van der Waals surface area contributed by atoms with Gasteiger partial charge in [-0.15, -0.1) is 0 Å². The van der Waals surface area contributed by atoms with Crippen LogP contribution < -0.4 is 5.32 Å². The van der Waals surface area contributed by atoms with Crippen LogP contribution in [0.5, 0.6) is 0 Å². The molecule has 1 amide bonds. The van der Waals surface area contributed by atoms with Crippen molar-refractivity contribution in [2.24, 2.45) is 0 Å². The molecule has 2 N–H and O–H groups in total. The van der Waals surface area contributed by atoms with Crippen molar-refractivity contribution < 1.29 is 14.7 Å². The van der Waals surface area contributed by atoms with Gasteiger partial charge in [0.15, 0.2) is 10.8 Å². The van der Waals surface area contributed by atoms with Crippen LogP contribution in [0.15, 0.2) is 0 Å². The van der Waals surface area contributed by atoms with E-state index in [4.69, 9.17) is 0 Å². The molecule has 1 aromatic heterocycles. The first-order chi connectivity index (χ1) is 9.47. The zero-order valence-corrected chi connectivity index (χ0v) is 12.9. The summed E-state index contributed by atoms with van der Waals surface area (Å²) in [5.74, 6) is -1.22. The summed E-state index contributed by atoms with van der Waals surface area (Å²) in [7, 11) is 1.95. The minimum Gasteiger partial charge on any atom is -0.476 e. The first-order valence-corrected chi connectivity index (χ1v) is 7.50. The van der Waals surface area contributed by atoms with Crippen molar-refractivity contribution in [2.45, 2.75) is 39.7 Å². The molecule has 6 nitrogen and oxygen atoms in total. The molecule has 0 bridgehead atoms. The second kappa shape index (κ2) is 7.96. The molecule has 0 atom stereocenters. The standard InChI is InChI=1S/C13H21N3O3S/c1-4-6-7-16(3)8-9-11(12(18)19)15-13(20-9)14-10(17)5-2/h4-8H2,1-3H3,(H,18,19)(H,14,15,17). The van der Waals surface area contributed by atoms with E-state index in [1.54, 1.807) is 6.92 Å². The molecule has 112 valence electrons. The lowest BCUT2D eigenvalue weighted by Crippen LogP contribution is -2.19. The van der Waals surface area contributed by atoms with E-state index in [0.717, 1.165) is 19.4 Å². The number of aromatic carboxylic acids is 1. The van der Waals surface area contributed by atoms with Gasteiger partial charge in [0.2, 0.25) is 5.91 Å². The predicted molar refractivity (Wildman–Crippen MR) is 79.2 cm³/mol. The van der Waals surface area contributed by atoms with E-state index in [-0.39, 0.29) is 11.6 Å². The molecule has 0 spiro atoms. The number of anilines is 1. The number of carbonyl (C=O) groups excluding carboxylic acids is 1. The molecular weight excluding hydrogens is 278 g/mol. The fraction of sp³-hybridized carbons (Fsp3) is 0.615. The van der Waals surface area contributed by atoms with Gasteiger partial charge in [-0.3, -0.25) is 4.79 Å². The fourth-order valence-corrected chi connectivity index (χ4v) is 2.69. The Hall–Kier alpha value is -1.47. The molecule has 0 aliphatic rings. The van der Waals surface area contributed by atoms with E-state index in [1.165, 1.54) is 11.3 Å². The summed E-state index contributed by atoms with van der Waals surface area (Å²) in [6.45, 7) is 5.29. The van der Waals surface area contributed by atoms with Crippen molar-refractivity contribution >= 4 is 28.3 Å². The van der Waals surface area contributed by atoms with Gasteiger partial charge < -0.3 is 15.3 Å². The maximum atomic E-state index is 11.3. The van der Waals surface area contributed by atoms with E-state index in [2.05, 4.69) is 22.1 Å². The SMILES string of the molecule is CCCCN(C)Cc1sc(NC(=O)CC)nc1C(=O)O. The van der Waals surface area contributed by atoms with Gasteiger partial charge in [0.1, 0.15) is 0 Å². The lowest BCUT2D eigenvalue weighted by Gasteiger charge is -2.14. The van der Waals surface area contributed by atoms with Crippen LogP contribution in [0.3, 0.4) is 0 Å². The third-order valence-electron chi connectivity index (χ3n) is 2.77. The Labute approximate surface area is 122 Å². The van der Waals surface area contributed by atoms with Gasteiger partial charge in [0.05, 0.1) is 4.88 Å². The van der Waals surface area contributed by atoms with Gasteiger partial charge in [0.25, 0.3) is 0 Å². The molecule has 7 heteroatoms. The maximum Gasteiger partial charge on any atom is 0.355 e. The smallest absolute Gasteiger partial charge is 0.355 e. The lowest BCUT2D eigenvalue weighted by molar-refractivity contribution is -0.115. The summed E-state index contributed by atoms with van der Waals surface area (Å²) >= 11 is 1.23. The van der Waals surface area contributed by atoms with Gasteiger partial charge in [-0.2, -0.15) is 0 Å². The Morgan fingerprint density at radius 1 is 1.40 bits per heavy atom. The minimum absolute atomic E-state index is 0.0322. The van der Waals surface area contributed by atoms with Crippen LogP contribution in [0.25, 0.3) is 0 Å². The van der Waals surface area contributed by atoms with Crippen LogP contribution in [-0.4, -0.2) is 40.5 Å². The van der Waals surface area contributed by atoms with E-state index >= 15 is 0 Å². The highest BCUT2D eigenvalue weighted by Crippen LogP contribution is 2.24. The second-order valence-corrected chi connectivity index (χ2v) is 5.67. The number of carboxylic acid groups (broad SMARTS) is 1. The zero-order chi connectivity index (χ0) is 15.1. The Morgan fingerprint density at radius 2 is 2.10 bits per heavy atom. The minimum atomic E-state index is -1.06.